The van der Waals surface area contributed by atoms with Crippen molar-refractivity contribution in [2.24, 2.45) is 0 Å². The molecule has 0 aliphatic rings. The number of halogens is 5. The van der Waals surface area contributed by atoms with Crippen molar-refractivity contribution < 1.29 is 13.2 Å². The lowest BCUT2D eigenvalue weighted by atomic mass is 9.93. The normalized spacial score (nSPS) is 13.2. The van der Waals surface area contributed by atoms with Crippen LogP contribution in [0.4, 0.5) is 13.2 Å². The zero-order valence-corrected chi connectivity index (χ0v) is 13.3. The Hall–Kier alpha value is -1.00. The average molecular weight is 378 g/mol. The molecule has 0 bridgehead atoms. The van der Waals surface area contributed by atoms with Gasteiger partial charge in [0.1, 0.15) is 0 Å². The van der Waals surface area contributed by atoms with Gasteiger partial charge in [-0.3, -0.25) is 0 Å². The second kappa shape index (κ2) is 6.84. The van der Waals surface area contributed by atoms with Crippen LogP contribution < -0.4 is 0 Å². The van der Waals surface area contributed by atoms with E-state index in [4.69, 9.17) is 11.6 Å². The van der Waals surface area contributed by atoms with Gasteiger partial charge in [-0.25, -0.2) is 0 Å². The number of alkyl halides is 4. The van der Waals surface area contributed by atoms with Crippen LogP contribution in [0, 0.1) is 0 Å². The zero-order chi connectivity index (χ0) is 15.5. The molecular formula is C16H13BrClF3. The molecule has 112 valence electrons. The highest BCUT2D eigenvalue weighted by atomic mass is 79.9. The summed E-state index contributed by atoms with van der Waals surface area (Å²) in [6.07, 6.45) is -3.79. The van der Waals surface area contributed by atoms with Gasteiger partial charge >= 0.3 is 6.18 Å². The van der Waals surface area contributed by atoms with E-state index in [9.17, 15) is 13.2 Å². The summed E-state index contributed by atoms with van der Waals surface area (Å²) >= 11 is 9.40. The summed E-state index contributed by atoms with van der Waals surface area (Å²) in [7, 11) is 0. The van der Waals surface area contributed by atoms with Crippen LogP contribution in [-0.4, -0.2) is 5.33 Å². The molecule has 0 radical (unpaired) electrons. The van der Waals surface area contributed by atoms with Crippen molar-refractivity contribution in [2.45, 2.75) is 18.5 Å². The molecule has 2 rings (SSSR count). The molecule has 0 saturated carbocycles. The first-order valence-electron chi connectivity index (χ1n) is 6.37. The zero-order valence-electron chi connectivity index (χ0n) is 11.0. The lowest BCUT2D eigenvalue weighted by Crippen LogP contribution is -2.08. The maximum Gasteiger partial charge on any atom is 0.416 e. The topological polar surface area (TPSA) is 0 Å². The maximum absolute atomic E-state index is 12.7. The molecule has 0 aliphatic carbocycles. The number of rotatable bonds is 4. The fourth-order valence-corrected chi connectivity index (χ4v) is 2.98. The Morgan fingerprint density at radius 1 is 1.05 bits per heavy atom. The van der Waals surface area contributed by atoms with Crippen LogP contribution in [0.5, 0.6) is 0 Å². The van der Waals surface area contributed by atoms with E-state index in [1.54, 1.807) is 12.1 Å². The lowest BCUT2D eigenvalue weighted by Gasteiger charge is -2.16. The van der Waals surface area contributed by atoms with E-state index in [1.807, 2.05) is 18.2 Å². The third-order valence-electron chi connectivity index (χ3n) is 3.24. The molecule has 0 N–H and O–H groups in total. The van der Waals surface area contributed by atoms with Gasteiger partial charge in [-0.2, -0.15) is 13.2 Å². The molecule has 0 fully saturated rings. The van der Waals surface area contributed by atoms with Crippen LogP contribution in [0.15, 0.2) is 48.5 Å². The summed E-state index contributed by atoms with van der Waals surface area (Å²) in [5.74, 6) is 0.0761. The predicted octanol–water partition coefficient (Wildman–Crippen LogP) is 6.08. The molecule has 0 amide bonds. The Morgan fingerprint density at radius 3 is 2.38 bits per heavy atom. The van der Waals surface area contributed by atoms with Gasteiger partial charge in [0.25, 0.3) is 0 Å². The largest absolute Gasteiger partial charge is 0.416 e. The molecule has 0 aliphatic heterocycles. The Labute approximate surface area is 135 Å². The minimum atomic E-state index is -4.31. The van der Waals surface area contributed by atoms with Crippen LogP contribution >= 0.6 is 27.5 Å². The molecule has 1 atom stereocenters. The van der Waals surface area contributed by atoms with Gasteiger partial charge in [-0.15, -0.1) is 0 Å². The van der Waals surface area contributed by atoms with Crippen LogP contribution in [0.2, 0.25) is 5.02 Å². The fourth-order valence-electron chi connectivity index (χ4n) is 2.18. The highest BCUT2D eigenvalue weighted by Crippen LogP contribution is 2.31. The average Bonchev–Trinajstić information content (AvgIpc) is 2.44. The second-order valence-corrected chi connectivity index (χ2v) is 5.89. The monoisotopic (exact) mass is 376 g/mol. The van der Waals surface area contributed by atoms with E-state index < -0.39 is 11.7 Å². The van der Waals surface area contributed by atoms with Crippen molar-refractivity contribution >= 4 is 27.5 Å². The minimum Gasteiger partial charge on any atom is -0.166 e. The van der Waals surface area contributed by atoms with E-state index in [1.165, 1.54) is 12.1 Å². The molecule has 0 heterocycles. The van der Waals surface area contributed by atoms with Gasteiger partial charge < -0.3 is 0 Å². The smallest absolute Gasteiger partial charge is 0.166 e. The van der Waals surface area contributed by atoms with Gasteiger partial charge in [0.15, 0.2) is 0 Å². The lowest BCUT2D eigenvalue weighted by molar-refractivity contribution is -0.137. The van der Waals surface area contributed by atoms with Gasteiger partial charge in [0.05, 0.1) is 5.56 Å². The van der Waals surface area contributed by atoms with Gasteiger partial charge in [-0.1, -0.05) is 57.9 Å². The molecule has 21 heavy (non-hydrogen) atoms. The first-order chi connectivity index (χ1) is 9.90. The molecule has 0 saturated heterocycles. The van der Waals surface area contributed by atoms with Crippen molar-refractivity contribution in [3.05, 3.63) is 70.2 Å². The molecule has 1 unspecified atom stereocenters. The Morgan fingerprint density at radius 2 is 1.76 bits per heavy atom. The summed E-state index contributed by atoms with van der Waals surface area (Å²) in [4.78, 5) is 0. The van der Waals surface area contributed by atoms with Crippen LogP contribution in [-0.2, 0) is 12.6 Å². The SMILES string of the molecule is FC(F)(F)c1cccc(CC(CBr)c2cccc(Cl)c2)c1. The Kier molecular flexibility index (Phi) is 5.33. The van der Waals surface area contributed by atoms with Gasteiger partial charge in [0.2, 0.25) is 0 Å². The van der Waals surface area contributed by atoms with E-state index >= 15 is 0 Å². The number of hydrogen-bond acceptors (Lipinski definition) is 0. The van der Waals surface area contributed by atoms with Crippen molar-refractivity contribution in [1.29, 1.82) is 0 Å². The van der Waals surface area contributed by atoms with Crippen molar-refractivity contribution in [2.75, 3.05) is 5.33 Å². The standard InChI is InChI=1S/C16H13BrClF3/c17-10-13(12-4-2-6-15(18)9-12)7-11-3-1-5-14(8-11)16(19,20)21/h1-6,8-9,13H,7,10H2. The Balaban J connectivity index is 2.23. The summed E-state index contributed by atoms with van der Waals surface area (Å²) < 4.78 is 38.2. The second-order valence-electron chi connectivity index (χ2n) is 4.81. The summed E-state index contributed by atoms with van der Waals surface area (Å²) in [6, 6.07) is 12.9. The predicted molar refractivity (Wildman–Crippen MR) is 83.1 cm³/mol. The first-order valence-corrected chi connectivity index (χ1v) is 7.87. The van der Waals surface area contributed by atoms with E-state index in [0.29, 0.717) is 22.3 Å². The third-order valence-corrected chi connectivity index (χ3v) is 4.26. The highest BCUT2D eigenvalue weighted by molar-refractivity contribution is 9.09. The summed E-state index contributed by atoms with van der Waals surface area (Å²) in [6.45, 7) is 0. The van der Waals surface area contributed by atoms with Crippen LogP contribution in [0.3, 0.4) is 0 Å². The van der Waals surface area contributed by atoms with Crippen LogP contribution in [0.1, 0.15) is 22.6 Å². The highest BCUT2D eigenvalue weighted by Gasteiger charge is 2.30. The van der Waals surface area contributed by atoms with Crippen LogP contribution in [0.25, 0.3) is 0 Å². The fraction of sp³-hybridized carbons (Fsp3) is 0.250. The molecule has 2 aromatic carbocycles. The summed E-state index contributed by atoms with van der Waals surface area (Å²) in [5.41, 5.74) is 1.06. The first kappa shape index (κ1) is 16.4. The van der Waals surface area contributed by atoms with E-state index in [-0.39, 0.29) is 5.92 Å². The Bertz CT molecular complexity index is 610. The number of benzene rings is 2. The molecular weight excluding hydrogens is 365 g/mol. The van der Waals surface area contributed by atoms with E-state index in [0.717, 1.165) is 11.6 Å². The molecule has 0 spiro atoms. The number of hydrogen-bond donors (Lipinski definition) is 0. The van der Waals surface area contributed by atoms with Gasteiger partial charge in [-0.05, 0) is 41.7 Å². The minimum absolute atomic E-state index is 0.0761. The molecule has 0 nitrogen and oxygen atoms in total. The van der Waals surface area contributed by atoms with Crippen molar-refractivity contribution in [1.82, 2.24) is 0 Å². The van der Waals surface area contributed by atoms with Gasteiger partial charge in [0, 0.05) is 10.4 Å². The van der Waals surface area contributed by atoms with Crippen molar-refractivity contribution in [3.8, 4) is 0 Å². The maximum atomic E-state index is 12.7. The molecule has 0 aromatic heterocycles. The quantitative estimate of drug-likeness (QED) is 0.566. The van der Waals surface area contributed by atoms with E-state index in [2.05, 4.69) is 15.9 Å². The molecule has 2 aromatic rings. The third kappa shape index (κ3) is 4.48. The summed E-state index contributed by atoms with van der Waals surface area (Å²) in [5, 5.41) is 1.28. The molecule has 5 heteroatoms. The van der Waals surface area contributed by atoms with Crippen molar-refractivity contribution in [3.63, 3.8) is 0 Å².